The van der Waals surface area contributed by atoms with Crippen LogP contribution in [0.15, 0.2) is 36.4 Å². The molecule has 6 heteroatoms. The van der Waals surface area contributed by atoms with Gasteiger partial charge in [-0.1, -0.05) is 53.0 Å². The van der Waals surface area contributed by atoms with E-state index in [0.717, 1.165) is 22.3 Å². The molecule has 0 radical (unpaired) electrons. The Labute approximate surface area is 189 Å². The summed E-state index contributed by atoms with van der Waals surface area (Å²) in [6, 6.07) is 10.6. The lowest BCUT2D eigenvalue weighted by Gasteiger charge is -2.32. The van der Waals surface area contributed by atoms with Crippen molar-refractivity contribution in [2.75, 3.05) is 0 Å². The number of halogens is 2. The molecule has 4 nitrogen and oxygen atoms in total. The monoisotopic (exact) mass is 448 g/mol. The fraction of sp³-hybridized carbons (Fsp3) is 0.417. The number of nitrogens with zero attached hydrogens (tertiary/aromatic N) is 1. The van der Waals surface area contributed by atoms with Crippen molar-refractivity contribution in [2.45, 2.75) is 66.1 Å². The zero-order chi connectivity index (χ0) is 22.6. The number of carbonyl (C=O) groups is 2. The van der Waals surface area contributed by atoms with Gasteiger partial charge < -0.3 is 10.2 Å². The van der Waals surface area contributed by atoms with Crippen molar-refractivity contribution in [3.05, 3.63) is 68.7 Å². The maximum Gasteiger partial charge on any atom is 0.242 e. The first kappa shape index (κ1) is 24.2. The minimum Gasteiger partial charge on any atom is -0.350 e. The quantitative estimate of drug-likeness (QED) is 0.635. The van der Waals surface area contributed by atoms with Gasteiger partial charge in [-0.15, -0.1) is 0 Å². The molecule has 2 aromatic rings. The van der Waals surface area contributed by atoms with Gasteiger partial charge in [-0.2, -0.15) is 0 Å². The summed E-state index contributed by atoms with van der Waals surface area (Å²) in [5.41, 5.74) is 3.44. The van der Waals surface area contributed by atoms with Gasteiger partial charge in [0.15, 0.2) is 0 Å². The summed E-state index contributed by atoms with van der Waals surface area (Å²) in [6.45, 7) is 11.7. The SMILES string of the molecule is Cc1ccc(C)c(CC(=O)N(Cc2ccc(Cl)cc2Cl)C(C)C(=O)NC(C)(C)C)c1. The van der Waals surface area contributed by atoms with E-state index in [-0.39, 0.29) is 24.8 Å². The molecule has 0 aliphatic rings. The summed E-state index contributed by atoms with van der Waals surface area (Å²) in [7, 11) is 0. The van der Waals surface area contributed by atoms with Crippen LogP contribution in [-0.4, -0.2) is 28.3 Å². The third-order valence-corrected chi connectivity index (χ3v) is 5.45. The van der Waals surface area contributed by atoms with E-state index < -0.39 is 11.6 Å². The molecule has 0 heterocycles. The number of amides is 2. The van der Waals surface area contributed by atoms with E-state index in [4.69, 9.17) is 23.2 Å². The molecular weight excluding hydrogens is 419 g/mol. The minimum atomic E-state index is -0.659. The third kappa shape index (κ3) is 6.75. The number of carbonyl (C=O) groups excluding carboxylic acids is 2. The van der Waals surface area contributed by atoms with Gasteiger partial charge in [0, 0.05) is 22.1 Å². The number of aryl methyl sites for hydroxylation is 2. The lowest BCUT2D eigenvalue weighted by molar-refractivity contribution is -0.140. The molecule has 0 saturated heterocycles. The maximum absolute atomic E-state index is 13.3. The second-order valence-electron chi connectivity index (χ2n) is 8.78. The van der Waals surface area contributed by atoms with E-state index in [0.29, 0.717) is 10.0 Å². The normalized spacial score (nSPS) is 12.4. The third-order valence-electron chi connectivity index (χ3n) is 4.87. The van der Waals surface area contributed by atoms with E-state index in [1.807, 2.05) is 52.8 Å². The van der Waals surface area contributed by atoms with E-state index in [2.05, 4.69) is 5.32 Å². The highest BCUT2D eigenvalue weighted by Crippen LogP contribution is 2.24. The van der Waals surface area contributed by atoms with Crippen LogP contribution in [0.1, 0.15) is 49.9 Å². The van der Waals surface area contributed by atoms with E-state index in [9.17, 15) is 9.59 Å². The highest BCUT2D eigenvalue weighted by Gasteiger charge is 2.29. The van der Waals surface area contributed by atoms with Gasteiger partial charge in [-0.3, -0.25) is 9.59 Å². The van der Waals surface area contributed by atoms with Crippen molar-refractivity contribution in [1.82, 2.24) is 10.2 Å². The Morgan fingerprint density at radius 1 is 1.03 bits per heavy atom. The molecule has 1 unspecified atom stereocenters. The smallest absolute Gasteiger partial charge is 0.242 e. The van der Waals surface area contributed by atoms with E-state index in [1.54, 1.807) is 30.0 Å². The molecule has 2 amide bonds. The fourth-order valence-electron chi connectivity index (χ4n) is 3.15. The molecule has 0 aromatic heterocycles. The molecule has 0 saturated carbocycles. The highest BCUT2D eigenvalue weighted by molar-refractivity contribution is 6.35. The van der Waals surface area contributed by atoms with Crippen molar-refractivity contribution >= 4 is 35.0 Å². The summed E-state index contributed by atoms with van der Waals surface area (Å²) in [6.07, 6.45) is 0.214. The predicted molar refractivity (Wildman–Crippen MR) is 124 cm³/mol. The molecule has 2 rings (SSSR count). The van der Waals surface area contributed by atoms with Crippen LogP contribution in [0.2, 0.25) is 10.0 Å². The van der Waals surface area contributed by atoms with Crippen LogP contribution in [0.5, 0.6) is 0 Å². The van der Waals surface area contributed by atoms with E-state index >= 15 is 0 Å². The molecule has 0 bridgehead atoms. The van der Waals surface area contributed by atoms with Crippen molar-refractivity contribution in [2.24, 2.45) is 0 Å². The van der Waals surface area contributed by atoms with Crippen LogP contribution in [-0.2, 0) is 22.6 Å². The molecule has 0 fully saturated rings. The van der Waals surface area contributed by atoms with Crippen LogP contribution < -0.4 is 5.32 Å². The summed E-state index contributed by atoms with van der Waals surface area (Å²) in [4.78, 5) is 27.8. The van der Waals surface area contributed by atoms with Gasteiger partial charge in [0.1, 0.15) is 6.04 Å². The molecule has 0 spiro atoms. The van der Waals surface area contributed by atoms with Crippen LogP contribution in [0.25, 0.3) is 0 Å². The summed E-state index contributed by atoms with van der Waals surface area (Å²) in [5, 5.41) is 3.95. The van der Waals surface area contributed by atoms with Gasteiger partial charge in [-0.25, -0.2) is 0 Å². The standard InChI is InChI=1S/C24H30Cl2N2O2/c1-15-7-8-16(2)19(11-15)12-22(29)28(17(3)23(30)27-24(4,5)6)14-18-9-10-20(25)13-21(18)26/h7-11,13,17H,12,14H2,1-6H3,(H,27,30). The fourth-order valence-corrected chi connectivity index (χ4v) is 3.61. The van der Waals surface area contributed by atoms with Gasteiger partial charge in [0.2, 0.25) is 11.8 Å². The first-order valence-electron chi connectivity index (χ1n) is 9.99. The minimum absolute atomic E-state index is 0.133. The zero-order valence-electron chi connectivity index (χ0n) is 18.5. The van der Waals surface area contributed by atoms with E-state index in [1.165, 1.54) is 0 Å². The first-order chi connectivity index (χ1) is 13.9. The lowest BCUT2D eigenvalue weighted by Crippen LogP contribution is -2.52. The first-order valence-corrected chi connectivity index (χ1v) is 10.7. The molecule has 30 heavy (non-hydrogen) atoms. The Morgan fingerprint density at radius 3 is 2.30 bits per heavy atom. The molecule has 1 N–H and O–H groups in total. The second-order valence-corrected chi connectivity index (χ2v) is 9.62. The topological polar surface area (TPSA) is 49.4 Å². The Balaban J connectivity index is 2.34. The van der Waals surface area contributed by atoms with Crippen LogP contribution in [0.3, 0.4) is 0 Å². The molecule has 0 aliphatic heterocycles. The average Bonchev–Trinajstić information content (AvgIpc) is 2.62. The van der Waals surface area contributed by atoms with Crippen molar-refractivity contribution < 1.29 is 9.59 Å². The molecule has 0 aliphatic carbocycles. The lowest BCUT2D eigenvalue weighted by atomic mass is 10.0. The van der Waals surface area contributed by atoms with Crippen molar-refractivity contribution in [3.8, 4) is 0 Å². The number of benzene rings is 2. The van der Waals surface area contributed by atoms with Crippen molar-refractivity contribution in [3.63, 3.8) is 0 Å². The zero-order valence-corrected chi connectivity index (χ0v) is 20.0. The largest absolute Gasteiger partial charge is 0.350 e. The highest BCUT2D eigenvalue weighted by atomic mass is 35.5. The molecule has 2 aromatic carbocycles. The molecular formula is C24H30Cl2N2O2. The average molecular weight is 449 g/mol. The Hall–Kier alpha value is -2.04. The summed E-state index contributed by atoms with van der Waals surface area (Å²) >= 11 is 12.4. The molecule has 162 valence electrons. The van der Waals surface area contributed by atoms with Crippen molar-refractivity contribution in [1.29, 1.82) is 0 Å². The van der Waals surface area contributed by atoms with Gasteiger partial charge in [0.25, 0.3) is 0 Å². The number of rotatable bonds is 6. The summed E-state index contributed by atoms with van der Waals surface area (Å²) < 4.78 is 0. The van der Waals surface area contributed by atoms with Gasteiger partial charge in [0.05, 0.1) is 6.42 Å². The Morgan fingerprint density at radius 2 is 1.70 bits per heavy atom. The van der Waals surface area contributed by atoms with Gasteiger partial charge >= 0.3 is 0 Å². The van der Waals surface area contributed by atoms with Crippen LogP contribution in [0, 0.1) is 13.8 Å². The predicted octanol–water partition coefficient (Wildman–Crippen LogP) is 5.48. The second kappa shape index (κ2) is 9.84. The Kier molecular flexibility index (Phi) is 7.95. The number of hydrogen-bond donors (Lipinski definition) is 1. The van der Waals surface area contributed by atoms with Crippen LogP contribution in [0.4, 0.5) is 0 Å². The Bertz CT molecular complexity index is 935. The number of hydrogen-bond acceptors (Lipinski definition) is 2. The van der Waals surface area contributed by atoms with Crippen LogP contribution >= 0.6 is 23.2 Å². The summed E-state index contributed by atoms with van der Waals surface area (Å²) in [5.74, 6) is -0.340. The maximum atomic E-state index is 13.3. The number of nitrogens with one attached hydrogen (secondary N) is 1. The van der Waals surface area contributed by atoms with Gasteiger partial charge in [-0.05, 0) is 70.4 Å². The molecule has 1 atom stereocenters.